The van der Waals surface area contributed by atoms with E-state index < -0.39 is 0 Å². The van der Waals surface area contributed by atoms with Gasteiger partial charge in [0.25, 0.3) is 0 Å². The van der Waals surface area contributed by atoms with Crippen LogP contribution in [0.3, 0.4) is 0 Å². The van der Waals surface area contributed by atoms with E-state index in [2.05, 4.69) is 11.4 Å². The van der Waals surface area contributed by atoms with Gasteiger partial charge in [0.1, 0.15) is 6.04 Å². The third kappa shape index (κ3) is 3.86. The van der Waals surface area contributed by atoms with Crippen molar-refractivity contribution in [2.45, 2.75) is 26.4 Å². The van der Waals surface area contributed by atoms with Gasteiger partial charge < -0.3 is 10.1 Å². The molecule has 4 nitrogen and oxygen atoms in total. The Morgan fingerprint density at radius 1 is 1.50 bits per heavy atom. The van der Waals surface area contributed by atoms with Gasteiger partial charge in [-0.3, -0.25) is 4.79 Å². The fourth-order valence-electron chi connectivity index (χ4n) is 1.70. The molecule has 0 aliphatic heterocycles. The van der Waals surface area contributed by atoms with Gasteiger partial charge in [0.2, 0.25) is 0 Å². The van der Waals surface area contributed by atoms with Crippen molar-refractivity contribution in [2.75, 3.05) is 7.11 Å². The largest absolute Gasteiger partial charge is 0.468 e. The van der Waals surface area contributed by atoms with Crippen LogP contribution in [-0.4, -0.2) is 19.1 Å². The van der Waals surface area contributed by atoms with Crippen LogP contribution in [0.5, 0.6) is 0 Å². The second kappa shape index (κ2) is 6.77. The van der Waals surface area contributed by atoms with Gasteiger partial charge in [-0.1, -0.05) is 26.0 Å². The highest BCUT2D eigenvalue weighted by Crippen LogP contribution is 2.07. The fourth-order valence-corrected chi connectivity index (χ4v) is 1.70. The summed E-state index contributed by atoms with van der Waals surface area (Å²) in [6.45, 7) is 4.45. The van der Waals surface area contributed by atoms with Crippen molar-refractivity contribution in [2.24, 2.45) is 5.92 Å². The molecule has 1 rings (SSSR count). The van der Waals surface area contributed by atoms with Gasteiger partial charge in [-0.2, -0.15) is 5.26 Å². The summed E-state index contributed by atoms with van der Waals surface area (Å²) < 4.78 is 4.75. The van der Waals surface area contributed by atoms with Crippen LogP contribution >= 0.6 is 0 Å². The second-order valence-corrected chi connectivity index (χ2v) is 4.44. The summed E-state index contributed by atoms with van der Waals surface area (Å²) in [7, 11) is 1.38. The first-order valence-corrected chi connectivity index (χ1v) is 5.88. The third-order valence-corrected chi connectivity index (χ3v) is 2.70. The summed E-state index contributed by atoms with van der Waals surface area (Å²) in [5, 5.41) is 12.0. The molecule has 1 N–H and O–H groups in total. The van der Waals surface area contributed by atoms with Crippen LogP contribution in [0.4, 0.5) is 0 Å². The molecule has 0 saturated carbocycles. The van der Waals surface area contributed by atoms with E-state index in [1.54, 1.807) is 6.07 Å². The lowest BCUT2D eigenvalue weighted by Crippen LogP contribution is -2.41. The molecule has 1 aromatic carbocycles. The second-order valence-electron chi connectivity index (χ2n) is 4.44. The number of ether oxygens (including phenoxy) is 1. The lowest BCUT2D eigenvalue weighted by atomic mass is 10.0. The molecule has 0 amide bonds. The number of benzene rings is 1. The molecule has 0 saturated heterocycles. The number of hydrogen-bond acceptors (Lipinski definition) is 4. The Labute approximate surface area is 108 Å². The standard InChI is InChI=1S/C14H18N2O2/c1-10(2)13(14(17)18-3)16-9-12-6-4-5-11(7-12)8-15/h4-7,10,13,16H,9H2,1-3H3/t13-/m0/s1. The van der Waals surface area contributed by atoms with Crippen molar-refractivity contribution < 1.29 is 9.53 Å². The zero-order valence-electron chi connectivity index (χ0n) is 10.9. The number of esters is 1. The van der Waals surface area contributed by atoms with Crippen LogP contribution in [0.15, 0.2) is 24.3 Å². The summed E-state index contributed by atoms with van der Waals surface area (Å²) in [5.74, 6) is -0.113. The highest BCUT2D eigenvalue weighted by atomic mass is 16.5. The van der Waals surface area contributed by atoms with Crippen LogP contribution < -0.4 is 5.32 Å². The number of methoxy groups -OCH3 is 1. The van der Waals surface area contributed by atoms with Gasteiger partial charge in [0.05, 0.1) is 18.7 Å². The number of carbonyl (C=O) groups is 1. The SMILES string of the molecule is COC(=O)[C@@H](NCc1cccc(C#N)c1)C(C)C. The van der Waals surface area contributed by atoms with Gasteiger partial charge in [-0.15, -0.1) is 0 Å². The highest BCUT2D eigenvalue weighted by molar-refractivity contribution is 5.75. The van der Waals surface area contributed by atoms with Crippen molar-refractivity contribution in [3.05, 3.63) is 35.4 Å². The summed E-state index contributed by atoms with van der Waals surface area (Å²) in [6, 6.07) is 9.07. The smallest absolute Gasteiger partial charge is 0.323 e. The van der Waals surface area contributed by atoms with E-state index in [1.165, 1.54) is 7.11 Å². The monoisotopic (exact) mass is 246 g/mol. The molecular formula is C14H18N2O2. The number of hydrogen-bond donors (Lipinski definition) is 1. The first-order valence-electron chi connectivity index (χ1n) is 5.88. The highest BCUT2D eigenvalue weighted by Gasteiger charge is 2.21. The molecule has 0 spiro atoms. The molecule has 96 valence electrons. The first kappa shape index (κ1) is 14.2. The summed E-state index contributed by atoms with van der Waals surface area (Å²) in [4.78, 5) is 11.6. The van der Waals surface area contributed by atoms with Gasteiger partial charge in [-0.05, 0) is 23.6 Å². The van der Waals surface area contributed by atoms with Crippen molar-refractivity contribution in [1.29, 1.82) is 5.26 Å². The fraction of sp³-hybridized carbons (Fsp3) is 0.429. The maximum atomic E-state index is 11.6. The molecule has 0 fully saturated rings. The molecule has 0 aliphatic carbocycles. The van der Waals surface area contributed by atoms with Crippen LogP contribution in [0.2, 0.25) is 0 Å². The zero-order chi connectivity index (χ0) is 13.5. The summed E-state index contributed by atoms with van der Waals surface area (Å²) in [6.07, 6.45) is 0. The third-order valence-electron chi connectivity index (χ3n) is 2.70. The van der Waals surface area contributed by atoms with E-state index in [-0.39, 0.29) is 17.9 Å². The van der Waals surface area contributed by atoms with Gasteiger partial charge >= 0.3 is 5.97 Å². The number of nitrogens with one attached hydrogen (secondary N) is 1. The Morgan fingerprint density at radius 3 is 2.78 bits per heavy atom. The molecule has 0 bridgehead atoms. The molecule has 0 unspecified atom stereocenters. The van der Waals surface area contributed by atoms with E-state index in [1.807, 2.05) is 32.0 Å². The minimum Gasteiger partial charge on any atom is -0.468 e. The molecule has 0 radical (unpaired) electrons. The molecule has 18 heavy (non-hydrogen) atoms. The molecule has 1 aromatic rings. The average Bonchev–Trinajstić information content (AvgIpc) is 2.38. The maximum absolute atomic E-state index is 11.6. The van der Waals surface area contributed by atoms with E-state index in [0.717, 1.165) is 5.56 Å². The number of nitrogens with zero attached hydrogens (tertiary/aromatic N) is 1. The molecule has 4 heteroatoms. The number of rotatable bonds is 5. The van der Waals surface area contributed by atoms with Gasteiger partial charge in [0, 0.05) is 6.54 Å². The quantitative estimate of drug-likeness (QED) is 0.805. The van der Waals surface area contributed by atoms with Crippen LogP contribution in [0.25, 0.3) is 0 Å². The molecule has 0 aromatic heterocycles. The van der Waals surface area contributed by atoms with Crippen molar-refractivity contribution in [3.8, 4) is 6.07 Å². The first-order chi connectivity index (χ1) is 8.58. The van der Waals surface area contributed by atoms with Gasteiger partial charge in [-0.25, -0.2) is 0 Å². The van der Waals surface area contributed by atoms with E-state index >= 15 is 0 Å². The average molecular weight is 246 g/mol. The Bertz CT molecular complexity index is 449. The van der Waals surface area contributed by atoms with Crippen LogP contribution in [0.1, 0.15) is 25.0 Å². The molecule has 1 atom stereocenters. The topological polar surface area (TPSA) is 62.1 Å². The Hall–Kier alpha value is -1.86. The summed E-state index contributed by atoms with van der Waals surface area (Å²) >= 11 is 0. The van der Waals surface area contributed by atoms with Gasteiger partial charge in [0.15, 0.2) is 0 Å². The van der Waals surface area contributed by atoms with E-state index in [0.29, 0.717) is 12.1 Å². The Morgan fingerprint density at radius 2 is 2.22 bits per heavy atom. The van der Waals surface area contributed by atoms with E-state index in [4.69, 9.17) is 10.00 Å². The molecular weight excluding hydrogens is 228 g/mol. The molecule has 0 heterocycles. The van der Waals surface area contributed by atoms with Crippen molar-refractivity contribution in [3.63, 3.8) is 0 Å². The minimum atomic E-state index is -0.333. The number of carbonyl (C=O) groups excluding carboxylic acids is 1. The molecule has 0 aliphatic rings. The maximum Gasteiger partial charge on any atom is 0.323 e. The Kier molecular flexibility index (Phi) is 5.34. The lowest BCUT2D eigenvalue weighted by Gasteiger charge is -2.19. The Balaban J connectivity index is 2.67. The zero-order valence-corrected chi connectivity index (χ0v) is 10.9. The minimum absolute atomic E-state index is 0.150. The lowest BCUT2D eigenvalue weighted by molar-refractivity contribution is -0.144. The summed E-state index contributed by atoms with van der Waals surface area (Å²) in [5.41, 5.74) is 1.59. The van der Waals surface area contributed by atoms with Crippen LogP contribution in [-0.2, 0) is 16.1 Å². The van der Waals surface area contributed by atoms with Crippen molar-refractivity contribution >= 4 is 5.97 Å². The predicted molar refractivity (Wildman–Crippen MR) is 68.6 cm³/mol. The van der Waals surface area contributed by atoms with E-state index in [9.17, 15) is 4.79 Å². The normalized spacial score (nSPS) is 11.9. The van der Waals surface area contributed by atoms with Crippen LogP contribution in [0, 0.1) is 17.2 Å². The van der Waals surface area contributed by atoms with Crippen molar-refractivity contribution in [1.82, 2.24) is 5.32 Å². The predicted octanol–water partition coefficient (Wildman–Crippen LogP) is 1.85. The number of nitriles is 1.